The number of hydrogen-bond acceptors (Lipinski definition) is 2. The summed E-state index contributed by atoms with van der Waals surface area (Å²) in [5.74, 6) is -1.53. The van der Waals surface area contributed by atoms with Gasteiger partial charge in [-0.3, -0.25) is 0 Å². The van der Waals surface area contributed by atoms with E-state index in [1.54, 1.807) is 12.1 Å². The molecule has 0 radical (unpaired) electrons. The van der Waals surface area contributed by atoms with E-state index >= 15 is 0 Å². The van der Waals surface area contributed by atoms with Crippen LogP contribution in [0.15, 0.2) is 36.4 Å². The Morgan fingerprint density at radius 1 is 1.20 bits per heavy atom. The molecule has 0 saturated carbocycles. The van der Waals surface area contributed by atoms with Gasteiger partial charge in [0.05, 0.1) is 5.56 Å². The highest BCUT2D eigenvalue weighted by Crippen LogP contribution is 2.23. The Labute approximate surface area is 121 Å². The SMILES string of the molecule is Cc1ccc(NCC(O)c2c(F)cccc2F)cc1Cl. The van der Waals surface area contributed by atoms with Gasteiger partial charge in [0.1, 0.15) is 17.7 Å². The molecule has 1 unspecified atom stereocenters. The number of anilines is 1. The Bertz CT molecular complexity index is 599. The molecule has 2 aromatic carbocycles. The summed E-state index contributed by atoms with van der Waals surface area (Å²) in [4.78, 5) is 0. The van der Waals surface area contributed by atoms with Crippen molar-refractivity contribution < 1.29 is 13.9 Å². The van der Waals surface area contributed by atoms with Gasteiger partial charge in [-0.25, -0.2) is 8.78 Å². The highest BCUT2D eigenvalue weighted by Gasteiger charge is 2.17. The van der Waals surface area contributed by atoms with Crippen molar-refractivity contribution in [3.8, 4) is 0 Å². The zero-order valence-corrected chi connectivity index (χ0v) is 11.6. The number of rotatable bonds is 4. The van der Waals surface area contributed by atoms with Gasteiger partial charge in [0.25, 0.3) is 0 Å². The third-order valence-corrected chi connectivity index (χ3v) is 3.41. The predicted octanol–water partition coefficient (Wildman–Crippen LogP) is 4.07. The van der Waals surface area contributed by atoms with Gasteiger partial charge in [-0.2, -0.15) is 0 Å². The normalized spacial score (nSPS) is 12.2. The molecule has 5 heteroatoms. The molecule has 106 valence electrons. The van der Waals surface area contributed by atoms with Crippen molar-refractivity contribution in [3.63, 3.8) is 0 Å². The van der Waals surface area contributed by atoms with Gasteiger partial charge >= 0.3 is 0 Å². The van der Waals surface area contributed by atoms with Gasteiger partial charge in [-0.05, 0) is 36.8 Å². The lowest BCUT2D eigenvalue weighted by atomic mass is 10.1. The molecule has 1 atom stereocenters. The standard InChI is InChI=1S/C15H14ClF2NO/c1-9-5-6-10(7-11(9)16)19-8-14(20)15-12(17)3-2-4-13(15)18/h2-7,14,19-20H,8H2,1H3. The van der Waals surface area contributed by atoms with E-state index in [9.17, 15) is 13.9 Å². The second kappa shape index (κ2) is 6.20. The summed E-state index contributed by atoms with van der Waals surface area (Å²) in [6.45, 7) is 1.85. The number of benzene rings is 2. The molecular weight excluding hydrogens is 284 g/mol. The fourth-order valence-electron chi connectivity index (χ4n) is 1.85. The highest BCUT2D eigenvalue weighted by atomic mass is 35.5. The van der Waals surface area contributed by atoms with E-state index in [0.717, 1.165) is 17.7 Å². The summed E-state index contributed by atoms with van der Waals surface area (Å²) >= 11 is 5.97. The van der Waals surface area contributed by atoms with Crippen molar-refractivity contribution in [1.29, 1.82) is 0 Å². The molecule has 2 N–H and O–H groups in total. The maximum absolute atomic E-state index is 13.5. The van der Waals surface area contributed by atoms with Crippen LogP contribution in [0.5, 0.6) is 0 Å². The van der Waals surface area contributed by atoms with Crippen molar-refractivity contribution in [1.82, 2.24) is 0 Å². The molecule has 0 aliphatic carbocycles. The van der Waals surface area contributed by atoms with Crippen LogP contribution >= 0.6 is 11.6 Å². The minimum Gasteiger partial charge on any atom is -0.386 e. The average Bonchev–Trinajstić information content (AvgIpc) is 2.40. The summed E-state index contributed by atoms with van der Waals surface area (Å²) in [5, 5.41) is 13.4. The lowest BCUT2D eigenvalue weighted by Gasteiger charge is -2.15. The molecule has 20 heavy (non-hydrogen) atoms. The molecule has 0 spiro atoms. The quantitative estimate of drug-likeness (QED) is 0.891. The zero-order chi connectivity index (χ0) is 14.7. The number of aryl methyl sites for hydroxylation is 1. The molecule has 2 aromatic rings. The summed E-state index contributed by atoms with van der Waals surface area (Å²) < 4.78 is 27.0. The van der Waals surface area contributed by atoms with Crippen LogP contribution in [0.3, 0.4) is 0 Å². The first-order valence-electron chi connectivity index (χ1n) is 6.11. The predicted molar refractivity (Wildman–Crippen MR) is 76.0 cm³/mol. The molecule has 0 amide bonds. The minimum absolute atomic E-state index is 0.0166. The van der Waals surface area contributed by atoms with Gasteiger partial charge in [-0.15, -0.1) is 0 Å². The Kier molecular flexibility index (Phi) is 4.57. The molecule has 0 aliphatic heterocycles. The molecule has 2 nitrogen and oxygen atoms in total. The maximum Gasteiger partial charge on any atom is 0.132 e. The van der Waals surface area contributed by atoms with Crippen LogP contribution in [-0.2, 0) is 0 Å². The molecule has 2 rings (SSSR count). The second-order valence-corrected chi connectivity index (χ2v) is 4.90. The summed E-state index contributed by atoms with van der Waals surface area (Å²) in [6.07, 6.45) is -1.28. The Morgan fingerprint density at radius 3 is 2.45 bits per heavy atom. The molecule has 0 aliphatic rings. The Hall–Kier alpha value is -1.65. The number of halogens is 3. The first-order chi connectivity index (χ1) is 9.49. The number of hydrogen-bond donors (Lipinski definition) is 2. The van der Waals surface area contributed by atoms with E-state index in [1.165, 1.54) is 6.07 Å². The van der Waals surface area contributed by atoms with Crippen molar-refractivity contribution in [3.05, 3.63) is 64.2 Å². The van der Waals surface area contributed by atoms with Gasteiger partial charge in [0.2, 0.25) is 0 Å². The molecule has 0 bridgehead atoms. The first-order valence-corrected chi connectivity index (χ1v) is 6.49. The van der Waals surface area contributed by atoms with Crippen LogP contribution in [0.2, 0.25) is 5.02 Å². The lowest BCUT2D eigenvalue weighted by Crippen LogP contribution is -2.15. The molecular formula is C15H14ClF2NO. The van der Waals surface area contributed by atoms with Gasteiger partial charge in [-0.1, -0.05) is 23.7 Å². The topological polar surface area (TPSA) is 32.3 Å². The second-order valence-electron chi connectivity index (χ2n) is 4.50. The summed E-state index contributed by atoms with van der Waals surface area (Å²) in [7, 11) is 0. The van der Waals surface area contributed by atoms with Gasteiger partial charge in [0.15, 0.2) is 0 Å². The maximum atomic E-state index is 13.5. The van der Waals surface area contributed by atoms with E-state index < -0.39 is 17.7 Å². The van der Waals surface area contributed by atoms with Crippen LogP contribution in [0, 0.1) is 18.6 Å². The summed E-state index contributed by atoms with van der Waals surface area (Å²) in [5.41, 5.74) is 1.27. The van der Waals surface area contributed by atoms with Crippen molar-refractivity contribution in [2.45, 2.75) is 13.0 Å². The van der Waals surface area contributed by atoms with Crippen LogP contribution in [0.25, 0.3) is 0 Å². The highest BCUT2D eigenvalue weighted by molar-refractivity contribution is 6.31. The molecule has 0 saturated heterocycles. The molecule has 0 heterocycles. The monoisotopic (exact) mass is 297 g/mol. The van der Waals surface area contributed by atoms with E-state index in [4.69, 9.17) is 11.6 Å². The van der Waals surface area contributed by atoms with Crippen LogP contribution < -0.4 is 5.32 Å². The number of aliphatic hydroxyl groups excluding tert-OH is 1. The van der Waals surface area contributed by atoms with E-state index in [1.807, 2.05) is 13.0 Å². The van der Waals surface area contributed by atoms with Crippen LogP contribution in [-0.4, -0.2) is 11.7 Å². The average molecular weight is 298 g/mol. The summed E-state index contributed by atoms with van der Waals surface area (Å²) in [6, 6.07) is 8.79. The Balaban J connectivity index is 2.08. The Morgan fingerprint density at radius 2 is 1.85 bits per heavy atom. The third-order valence-electron chi connectivity index (χ3n) is 3.00. The number of aliphatic hydroxyl groups is 1. The van der Waals surface area contributed by atoms with E-state index in [2.05, 4.69) is 5.32 Å². The third kappa shape index (κ3) is 3.26. The van der Waals surface area contributed by atoms with E-state index in [-0.39, 0.29) is 12.1 Å². The molecule has 0 fully saturated rings. The largest absolute Gasteiger partial charge is 0.386 e. The smallest absolute Gasteiger partial charge is 0.132 e. The van der Waals surface area contributed by atoms with Gasteiger partial charge < -0.3 is 10.4 Å². The van der Waals surface area contributed by atoms with Crippen molar-refractivity contribution >= 4 is 17.3 Å². The lowest BCUT2D eigenvalue weighted by molar-refractivity contribution is 0.181. The fourth-order valence-corrected chi connectivity index (χ4v) is 2.03. The van der Waals surface area contributed by atoms with E-state index in [0.29, 0.717) is 10.7 Å². The van der Waals surface area contributed by atoms with Crippen LogP contribution in [0.1, 0.15) is 17.2 Å². The fraction of sp³-hybridized carbons (Fsp3) is 0.200. The molecule has 0 aromatic heterocycles. The first kappa shape index (κ1) is 14.8. The van der Waals surface area contributed by atoms with Crippen LogP contribution in [0.4, 0.5) is 14.5 Å². The van der Waals surface area contributed by atoms with Gasteiger partial charge in [0, 0.05) is 17.3 Å². The number of nitrogens with one attached hydrogen (secondary N) is 1. The van der Waals surface area contributed by atoms with Crippen molar-refractivity contribution in [2.24, 2.45) is 0 Å². The van der Waals surface area contributed by atoms with Crippen molar-refractivity contribution in [2.75, 3.05) is 11.9 Å². The minimum atomic E-state index is -1.28. The zero-order valence-electron chi connectivity index (χ0n) is 10.8.